The number of likely N-dealkylation sites (tertiary alicyclic amines) is 1. The van der Waals surface area contributed by atoms with Crippen LogP contribution in [0.25, 0.3) is 0 Å². The van der Waals surface area contributed by atoms with Crippen molar-refractivity contribution in [2.24, 2.45) is 0 Å². The van der Waals surface area contributed by atoms with E-state index in [0.29, 0.717) is 19.4 Å². The maximum atomic E-state index is 13.5. The number of nitrogens with one attached hydrogen (secondary N) is 2. The molecule has 2 atom stereocenters. The van der Waals surface area contributed by atoms with Gasteiger partial charge in [-0.15, -0.1) is 0 Å². The van der Waals surface area contributed by atoms with E-state index in [2.05, 4.69) is 10.6 Å². The smallest absolute Gasteiger partial charge is 0.325 e. The fourth-order valence-corrected chi connectivity index (χ4v) is 3.15. The van der Waals surface area contributed by atoms with Gasteiger partial charge in [-0.1, -0.05) is 0 Å². The van der Waals surface area contributed by atoms with E-state index >= 15 is 0 Å². The quantitative estimate of drug-likeness (QED) is 0.685. The van der Waals surface area contributed by atoms with E-state index in [4.69, 9.17) is 0 Å². The van der Waals surface area contributed by atoms with Crippen molar-refractivity contribution in [3.63, 3.8) is 0 Å². The Balaban J connectivity index is 1.83. The Bertz CT molecular complexity index is 497. The van der Waals surface area contributed by atoms with Crippen LogP contribution in [0.1, 0.15) is 33.1 Å². The zero-order valence-electron chi connectivity index (χ0n) is 13.9. The number of halogens is 1. The molecule has 0 radical (unpaired) electrons. The molecule has 2 N–H and O–H groups in total. The van der Waals surface area contributed by atoms with E-state index in [-0.39, 0.29) is 37.4 Å². The zero-order valence-corrected chi connectivity index (χ0v) is 13.9. The maximum absolute atomic E-state index is 13.5. The highest BCUT2D eigenvalue weighted by atomic mass is 19.1. The van der Waals surface area contributed by atoms with Crippen LogP contribution in [0.4, 0.5) is 9.18 Å². The van der Waals surface area contributed by atoms with Gasteiger partial charge < -0.3 is 15.5 Å². The molecule has 7 nitrogen and oxygen atoms in total. The van der Waals surface area contributed by atoms with Crippen molar-refractivity contribution in [2.45, 2.75) is 50.9 Å². The van der Waals surface area contributed by atoms with Gasteiger partial charge in [0.2, 0.25) is 5.91 Å². The van der Waals surface area contributed by atoms with E-state index < -0.39 is 17.7 Å². The number of hydrogen-bond acceptors (Lipinski definition) is 4. The van der Waals surface area contributed by atoms with Gasteiger partial charge in [-0.25, -0.2) is 9.18 Å². The molecule has 2 aliphatic rings. The van der Waals surface area contributed by atoms with Gasteiger partial charge in [0.15, 0.2) is 0 Å². The van der Waals surface area contributed by atoms with Gasteiger partial charge in [-0.2, -0.15) is 0 Å². The number of alkyl halides is 1. The predicted molar refractivity (Wildman–Crippen MR) is 82.5 cm³/mol. The average molecular weight is 328 g/mol. The summed E-state index contributed by atoms with van der Waals surface area (Å²) in [5.41, 5.74) is -0.893. The fourth-order valence-electron chi connectivity index (χ4n) is 3.15. The molecule has 23 heavy (non-hydrogen) atoms. The van der Waals surface area contributed by atoms with Crippen LogP contribution in [0.2, 0.25) is 0 Å². The van der Waals surface area contributed by atoms with Crippen LogP contribution >= 0.6 is 0 Å². The lowest BCUT2D eigenvalue weighted by molar-refractivity contribution is -0.133. The first kappa shape index (κ1) is 17.7. The molecular formula is C15H25FN4O3. The molecule has 8 heteroatoms. The first-order valence-electron chi connectivity index (χ1n) is 7.98. The number of carbonyl (C=O) groups excluding carboxylic acids is 3. The Morgan fingerprint density at radius 1 is 1.43 bits per heavy atom. The first-order valence-corrected chi connectivity index (χ1v) is 7.98. The highest BCUT2D eigenvalue weighted by Crippen LogP contribution is 2.22. The first-order chi connectivity index (χ1) is 10.8. The standard InChI is InChI=1S/C15H25FN4O3/c1-15(2)13(22)19(14(23)18-15)6-4-5-12(21)20-9-10(16)7-11(20)8-17-3/h10-11,17H,4-9H2,1-3H3,(H,18,23)/t10-,11-/m0/s1. The molecular weight excluding hydrogens is 303 g/mol. The number of carbonyl (C=O) groups is 3. The topological polar surface area (TPSA) is 81.8 Å². The van der Waals surface area contributed by atoms with Crippen molar-refractivity contribution in [1.82, 2.24) is 20.4 Å². The highest BCUT2D eigenvalue weighted by Gasteiger charge is 2.44. The summed E-state index contributed by atoms with van der Waals surface area (Å²) in [7, 11) is 1.77. The number of nitrogens with zero attached hydrogens (tertiary/aromatic N) is 2. The van der Waals surface area contributed by atoms with Gasteiger partial charge >= 0.3 is 6.03 Å². The number of likely N-dealkylation sites (N-methyl/N-ethyl adjacent to an activating group) is 1. The third kappa shape index (κ3) is 3.80. The summed E-state index contributed by atoms with van der Waals surface area (Å²) < 4.78 is 13.5. The highest BCUT2D eigenvalue weighted by molar-refractivity contribution is 6.06. The lowest BCUT2D eigenvalue weighted by atomic mass is 10.1. The molecule has 0 aromatic carbocycles. The molecule has 2 fully saturated rings. The third-order valence-corrected chi connectivity index (χ3v) is 4.34. The van der Waals surface area contributed by atoms with Gasteiger partial charge in [0.05, 0.1) is 6.54 Å². The van der Waals surface area contributed by atoms with Crippen LogP contribution in [-0.2, 0) is 9.59 Å². The largest absolute Gasteiger partial charge is 0.335 e. The Morgan fingerprint density at radius 2 is 2.13 bits per heavy atom. The van der Waals surface area contributed by atoms with E-state index in [1.54, 1.807) is 25.8 Å². The number of imide groups is 1. The Kier molecular flexibility index (Phi) is 5.23. The van der Waals surface area contributed by atoms with Gasteiger partial charge in [0, 0.05) is 32.0 Å². The molecule has 0 saturated carbocycles. The summed E-state index contributed by atoms with van der Waals surface area (Å²) >= 11 is 0. The second-order valence-corrected chi connectivity index (χ2v) is 6.71. The second kappa shape index (κ2) is 6.82. The summed E-state index contributed by atoms with van der Waals surface area (Å²) in [6.45, 7) is 4.18. The summed E-state index contributed by atoms with van der Waals surface area (Å²) in [5, 5.41) is 5.57. The van der Waals surface area contributed by atoms with Crippen molar-refractivity contribution < 1.29 is 18.8 Å². The Morgan fingerprint density at radius 3 is 2.70 bits per heavy atom. The van der Waals surface area contributed by atoms with Crippen molar-refractivity contribution in [3.05, 3.63) is 0 Å². The normalized spacial score (nSPS) is 26.8. The van der Waals surface area contributed by atoms with Gasteiger partial charge in [-0.05, 0) is 27.3 Å². The molecule has 2 heterocycles. The van der Waals surface area contributed by atoms with Gasteiger partial charge in [-0.3, -0.25) is 14.5 Å². The van der Waals surface area contributed by atoms with Crippen LogP contribution in [0.3, 0.4) is 0 Å². The Hall–Kier alpha value is -1.70. The molecule has 2 aliphatic heterocycles. The fraction of sp³-hybridized carbons (Fsp3) is 0.800. The molecule has 0 aliphatic carbocycles. The molecule has 0 spiro atoms. The lowest BCUT2D eigenvalue weighted by Gasteiger charge is -2.24. The minimum atomic E-state index is -0.982. The van der Waals surface area contributed by atoms with E-state index in [9.17, 15) is 18.8 Å². The lowest BCUT2D eigenvalue weighted by Crippen LogP contribution is -2.41. The van der Waals surface area contributed by atoms with E-state index in [1.165, 1.54) is 0 Å². The minimum Gasteiger partial charge on any atom is -0.335 e. The second-order valence-electron chi connectivity index (χ2n) is 6.71. The summed E-state index contributed by atoms with van der Waals surface area (Å²) in [6.07, 6.45) is -0.0459. The van der Waals surface area contributed by atoms with Gasteiger partial charge in [0.1, 0.15) is 11.7 Å². The van der Waals surface area contributed by atoms with Crippen LogP contribution in [0.5, 0.6) is 0 Å². The average Bonchev–Trinajstić information content (AvgIpc) is 2.91. The van der Waals surface area contributed by atoms with Crippen LogP contribution in [-0.4, -0.2) is 72.1 Å². The molecule has 130 valence electrons. The number of amides is 4. The van der Waals surface area contributed by atoms with E-state index in [0.717, 1.165) is 4.90 Å². The van der Waals surface area contributed by atoms with Crippen molar-refractivity contribution in [1.29, 1.82) is 0 Å². The van der Waals surface area contributed by atoms with E-state index in [1.807, 2.05) is 0 Å². The summed E-state index contributed by atoms with van der Waals surface area (Å²) in [5.74, 6) is -0.412. The number of rotatable bonds is 6. The molecule has 2 rings (SSSR count). The van der Waals surface area contributed by atoms with Gasteiger partial charge in [0.25, 0.3) is 5.91 Å². The van der Waals surface area contributed by atoms with Crippen molar-refractivity contribution in [3.8, 4) is 0 Å². The number of urea groups is 1. The monoisotopic (exact) mass is 328 g/mol. The molecule has 0 aromatic rings. The Labute approximate surface area is 135 Å². The summed E-state index contributed by atoms with van der Waals surface area (Å²) in [4.78, 5) is 38.8. The molecule has 2 saturated heterocycles. The predicted octanol–water partition coefficient (Wildman–Crippen LogP) is 0.255. The molecule has 0 unspecified atom stereocenters. The molecule has 0 bridgehead atoms. The van der Waals surface area contributed by atoms with Crippen molar-refractivity contribution in [2.75, 3.05) is 26.7 Å². The molecule has 0 aromatic heterocycles. The minimum absolute atomic E-state index is 0.126. The maximum Gasteiger partial charge on any atom is 0.325 e. The SMILES string of the molecule is CNC[C@@H]1C[C@H](F)CN1C(=O)CCCN1C(=O)NC(C)(C)C1=O. The third-order valence-electron chi connectivity index (χ3n) is 4.34. The van der Waals surface area contributed by atoms with Crippen molar-refractivity contribution >= 4 is 17.8 Å². The summed E-state index contributed by atoms with van der Waals surface area (Å²) in [6, 6.07) is -0.552. The number of hydrogen-bond donors (Lipinski definition) is 2. The molecule has 4 amide bonds. The van der Waals surface area contributed by atoms with Crippen LogP contribution < -0.4 is 10.6 Å². The van der Waals surface area contributed by atoms with Crippen LogP contribution in [0.15, 0.2) is 0 Å². The van der Waals surface area contributed by atoms with Crippen LogP contribution in [0, 0.1) is 0 Å². The zero-order chi connectivity index (χ0) is 17.2.